The lowest BCUT2D eigenvalue weighted by Crippen LogP contribution is -2.31. The van der Waals surface area contributed by atoms with E-state index in [9.17, 15) is 18.0 Å². The van der Waals surface area contributed by atoms with Crippen LogP contribution < -0.4 is 10.1 Å². The van der Waals surface area contributed by atoms with Crippen molar-refractivity contribution in [3.05, 3.63) is 76.9 Å². The van der Waals surface area contributed by atoms with Gasteiger partial charge in [-0.25, -0.2) is 0 Å². The minimum Gasteiger partial charge on any atom is -0.484 e. The smallest absolute Gasteiger partial charge is 0.416 e. The molecule has 1 amide bonds. The average Bonchev–Trinajstić information content (AvgIpc) is 2.84. The maximum Gasteiger partial charge on any atom is 0.416 e. The van der Waals surface area contributed by atoms with Gasteiger partial charge >= 0.3 is 6.18 Å². The number of carbonyl (C=O) groups excluding carboxylic acids is 1. The molecule has 1 N–H and O–H groups in total. The van der Waals surface area contributed by atoms with Gasteiger partial charge in [-0.3, -0.25) is 4.79 Å². The second-order valence-electron chi connectivity index (χ2n) is 7.69. The third-order valence-corrected chi connectivity index (χ3v) is 5.09. The van der Waals surface area contributed by atoms with Gasteiger partial charge in [0.15, 0.2) is 6.61 Å². The Balaban J connectivity index is 1.29. The first-order valence-electron chi connectivity index (χ1n) is 10.9. The van der Waals surface area contributed by atoms with Gasteiger partial charge in [0.25, 0.3) is 5.91 Å². The first kappa shape index (κ1) is 25.3. The number of rotatable bonds is 11. The van der Waals surface area contributed by atoms with Gasteiger partial charge in [-0.15, -0.1) is 0 Å². The summed E-state index contributed by atoms with van der Waals surface area (Å²) in [4.78, 5) is 17.1. The number of amides is 1. The summed E-state index contributed by atoms with van der Waals surface area (Å²) in [5.74, 6) is 0.432. The van der Waals surface area contributed by atoms with E-state index in [1.54, 1.807) is 6.21 Å². The number of oxime groups is 1. The van der Waals surface area contributed by atoms with Crippen molar-refractivity contribution in [2.45, 2.75) is 32.0 Å². The largest absolute Gasteiger partial charge is 0.484 e. The number of alkyl halides is 3. The van der Waals surface area contributed by atoms with Crippen molar-refractivity contribution in [2.24, 2.45) is 5.16 Å². The lowest BCUT2D eigenvalue weighted by molar-refractivity contribution is -0.137. The molecule has 1 heterocycles. The summed E-state index contributed by atoms with van der Waals surface area (Å²) < 4.78 is 48.4. The molecule has 9 heteroatoms. The first-order chi connectivity index (χ1) is 16.4. The molecule has 3 rings (SSSR count). The van der Waals surface area contributed by atoms with Crippen LogP contribution in [-0.2, 0) is 33.6 Å². The minimum atomic E-state index is -4.35. The number of nitrogens with one attached hydrogen (secondary N) is 1. The van der Waals surface area contributed by atoms with E-state index in [1.807, 2.05) is 30.3 Å². The number of ether oxygens (including phenoxy) is 2. The van der Waals surface area contributed by atoms with Crippen LogP contribution >= 0.6 is 0 Å². The van der Waals surface area contributed by atoms with Crippen molar-refractivity contribution in [1.29, 1.82) is 0 Å². The van der Waals surface area contributed by atoms with Gasteiger partial charge in [0.2, 0.25) is 0 Å². The molecule has 1 aliphatic rings. The Labute approximate surface area is 196 Å². The van der Waals surface area contributed by atoms with Crippen molar-refractivity contribution in [2.75, 3.05) is 26.4 Å². The Bertz CT molecular complexity index is 971. The minimum absolute atomic E-state index is 0.0495. The summed E-state index contributed by atoms with van der Waals surface area (Å²) >= 11 is 0. The third kappa shape index (κ3) is 8.90. The number of halogens is 3. The molecule has 0 aliphatic carbocycles. The molecule has 0 radical (unpaired) electrons. The van der Waals surface area contributed by atoms with Gasteiger partial charge in [-0.2, -0.15) is 13.2 Å². The Morgan fingerprint density at radius 3 is 2.50 bits per heavy atom. The SMILES string of the molecule is O=C(COc1ccc(CCC=NOCc2ccc(C(F)(F)F)cc2)cc1)NCC1=CCOCC1. The molecular formula is C25H27F3N2O4. The van der Waals surface area contributed by atoms with Crippen LogP contribution in [0.5, 0.6) is 5.75 Å². The fraction of sp³-hybridized carbons (Fsp3) is 0.360. The van der Waals surface area contributed by atoms with Crippen LogP contribution in [-0.4, -0.2) is 38.5 Å². The fourth-order valence-electron chi connectivity index (χ4n) is 3.13. The quantitative estimate of drug-likeness (QED) is 0.291. The van der Waals surface area contributed by atoms with Crippen molar-refractivity contribution >= 4 is 12.1 Å². The van der Waals surface area contributed by atoms with Gasteiger partial charge in [0.05, 0.1) is 18.8 Å². The third-order valence-electron chi connectivity index (χ3n) is 5.09. The maximum atomic E-state index is 12.5. The second-order valence-corrected chi connectivity index (χ2v) is 7.69. The number of aryl methyl sites for hydroxylation is 1. The fourth-order valence-corrected chi connectivity index (χ4v) is 3.13. The molecule has 0 spiro atoms. The van der Waals surface area contributed by atoms with E-state index >= 15 is 0 Å². The molecule has 0 unspecified atom stereocenters. The molecule has 0 aromatic heterocycles. The van der Waals surface area contributed by atoms with Gasteiger partial charge in [0, 0.05) is 12.8 Å². The van der Waals surface area contributed by atoms with Crippen LogP contribution in [0.4, 0.5) is 13.2 Å². The zero-order valence-electron chi connectivity index (χ0n) is 18.6. The molecule has 0 atom stereocenters. The van der Waals surface area contributed by atoms with Crippen LogP contribution in [0, 0.1) is 0 Å². The number of benzene rings is 2. The van der Waals surface area contributed by atoms with E-state index in [0.717, 1.165) is 36.1 Å². The molecule has 2 aromatic carbocycles. The van der Waals surface area contributed by atoms with Gasteiger partial charge in [-0.05, 0) is 54.7 Å². The van der Waals surface area contributed by atoms with Crippen molar-refractivity contribution in [3.8, 4) is 5.75 Å². The van der Waals surface area contributed by atoms with E-state index in [0.29, 0.717) is 37.5 Å². The van der Waals surface area contributed by atoms with Crippen molar-refractivity contribution in [1.82, 2.24) is 5.32 Å². The summed E-state index contributed by atoms with van der Waals surface area (Å²) in [5, 5.41) is 6.68. The zero-order valence-corrected chi connectivity index (χ0v) is 18.6. The Morgan fingerprint density at radius 1 is 1.09 bits per heavy atom. The Hall–Kier alpha value is -3.33. The Morgan fingerprint density at radius 2 is 1.82 bits per heavy atom. The maximum absolute atomic E-state index is 12.5. The van der Waals surface area contributed by atoms with E-state index < -0.39 is 11.7 Å². The molecule has 2 aromatic rings. The van der Waals surface area contributed by atoms with E-state index in [1.165, 1.54) is 12.1 Å². The predicted molar refractivity (Wildman–Crippen MR) is 122 cm³/mol. The van der Waals surface area contributed by atoms with Gasteiger partial charge < -0.3 is 19.6 Å². The summed E-state index contributed by atoms with van der Waals surface area (Å²) in [5.41, 5.74) is 2.15. The van der Waals surface area contributed by atoms with Crippen molar-refractivity contribution < 1.29 is 32.3 Å². The molecule has 0 saturated heterocycles. The highest BCUT2D eigenvalue weighted by Gasteiger charge is 2.29. The highest BCUT2D eigenvalue weighted by Crippen LogP contribution is 2.29. The molecule has 1 aliphatic heterocycles. The topological polar surface area (TPSA) is 69.2 Å². The monoisotopic (exact) mass is 476 g/mol. The lowest BCUT2D eigenvalue weighted by Gasteiger charge is -2.14. The van der Waals surface area contributed by atoms with E-state index in [-0.39, 0.29) is 19.1 Å². The molecule has 0 saturated carbocycles. The first-order valence-corrected chi connectivity index (χ1v) is 10.9. The van der Waals surface area contributed by atoms with Crippen LogP contribution in [0.3, 0.4) is 0 Å². The van der Waals surface area contributed by atoms with Crippen LogP contribution in [0.15, 0.2) is 65.3 Å². The lowest BCUT2D eigenvalue weighted by atomic mass is 10.1. The Kier molecular flexibility index (Phi) is 9.51. The molecule has 0 fully saturated rings. The molecule has 34 heavy (non-hydrogen) atoms. The number of hydrogen-bond acceptors (Lipinski definition) is 5. The predicted octanol–water partition coefficient (Wildman–Crippen LogP) is 4.68. The highest BCUT2D eigenvalue weighted by atomic mass is 19.4. The molecule has 0 bridgehead atoms. The molecular weight excluding hydrogens is 449 g/mol. The number of hydrogen-bond donors (Lipinski definition) is 1. The normalized spacial score (nSPS) is 14.0. The molecule has 182 valence electrons. The van der Waals surface area contributed by atoms with Gasteiger partial charge in [0.1, 0.15) is 12.4 Å². The van der Waals surface area contributed by atoms with Crippen LogP contribution in [0.2, 0.25) is 0 Å². The number of nitrogens with zero attached hydrogens (tertiary/aromatic N) is 1. The standard InChI is InChI=1S/C25H27F3N2O4/c26-25(27,28)22-7-3-21(4-8-22)17-34-30-13-1-2-19-5-9-23(10-6-19)33-18-24(31)29-16-20-11-14-32-15-12-20/h3-11,13H,1-2,12,14-18H2,(H,29,31). The molecule has 6 nitrogen and oxygen atoms in total. The van der Waals surface area contributed by atoms with Crippen LogP contribution in [0.1, 0.15) is 29.5 Å². The summed E-state index contributed by atoms with van der Waals surface area (Å²) in [6.45, 7) is 1.84. The van der Waals surface area contributed by atoms with Gasteiger partial charge in [-0.1, -0.05) is 41.1 Å². The van der Waals surface area contributed by atoms with Crippen molar-refractivity contribution in [3.63, 3.8) is 0 Å². The van der Waals surface area contributed by atoms with E-state index in [4.69, 9.17) is 14.3 Å². The van der Waals surface area contributed by atoms with Crippen LogP contribution in [0.25, 0.3) is 0 Å². The zero-order chi connectivity index (χ0) is 24.2. The van der Waals surface area contributed by atoms with E-state index in [2.05, 4.69) is 10.5 Å². The summed E-state index contributed by atoms with van der Waals surface area (Å²) in [7, 11) is 0. The highest BCUT2D eigenvalue weighted by molar-refractivity contribution is 5.77. The summed E-state index contributed by atoms with van der Waals surface area (Å²) in [6.07, 6.45) is 1.45. The summed E-state index contributed by atoms with van der Waals surface area (Å²) in [6, 6.07) is 12.2. The number of carbonyl (C=O) groups is 1. The average molecular weight is 476 g/mol. The second kappa shape index (κ2) is 12.8.